The topological polar surface area (TPSA) is 70.5 Å². The van der Waals surface area contributed by atoms with E-state index in [-0.39, 0.29) is 6.79 Å². The number of nitrogens with zero attached hydrogens (tertiary/aromatic N) is 1. The van der Waals surface area contributed by atoms with Crippen LogP contribution in [0.4, 0.5) is 5.82 Å². The van der Waals surface area contributed by atoms with Gasteiger partial charge >= 0.3 is 0 Å². The SMILES string of the molecule is CC(C)Cc1c(N)noc1-c1ccc2c(c1)OCO2. The summed E-state index contributed by atoms with van der Waals surface area (Å²) >= 11 is 0. The van der Waals surface area contributed by atoms with E-state index in [1.165, 1.54) is 0 Å². The molecule has 5 nitrogen and oxygen atoms in total. The van der Waals surface area contributed by atoms with Crippen LogP contribution in [0.5, 0.6) is 11.5 Å². The van der Waals surface area contributed by atoms with E-state index in [1.54, 1.807) is 0 Å². The van der Waals surface area contributed by atoms with Gasteiger partial charge in [0.15, 0.2) is 23.1 Å². The molecule has 1 aliphatic rings. The number of hydrogen-bond acceptors (Lipinski definition) is 5. The lowest BCUT2D eigenvalue weighted by Gasteiger charge is -2.05. The first-order valence-corrected chi connectivity index (χ1v) is 6.29. The van der Waals surface area contributed by atoms with Gasteiger partial charge in [-0.15, -0.1) is 0 Å². The van der Waals surface area contributed by atoms with Gasteiger partial charge in [-0.2, -0.15) is 0 Å². The second kappa shape index (κ2) is 4.50. The maximum absolute atomic E-state index is 5.88. The number of rotatable bonds is 3. The van der Waals surface area contributed by atoms with Crippen molar-refractivity contribution in [2.24, 2.45) is 5.92 Å². The summed E-state index contributed by atoms with van der Waals surface area (Å²) in [5.41, 5.74) is 7.74. The Morgan fingerprint density at radius 3 is 2.84 bits per heavy atom. The summed E-state index contributed by atoms with van der Waals surface area (Å²) in [6, 6.07) is 5.69. The highest BCUT2D eigenvalue weighted by atomic mass is 16.7. The molecule has 0 aliphatic carbocycles. The van der Waals surface area contributed by atoms with E-state index in [1.807, 2.05) is 18.2 Å². The summed E-state index contributed by atoms with van der Waals surface area (Å²) in [5, 5.41) is 3.87. The summed E-state index contributed by atoms with van der Waals surface area (Å²) in [6.07, 6.45) is 0.832. The van der Waals surface area contributed by atoms with Gasteiger partial charge in [0.05, 0.1) is 0 Å². The highest BCUT2D eigenvalue weighted by molar-refractivity contribution is 5.69. The molecule has 1 aromatic heterocycles. The van der Waals surface area contributed by atoms with Crippen molar-refractivity contribution in [2.75, 3.05) is 12.5 Å². The van der Waals surface area contributed by atoms with Crippen LogP contribution in [0.25, 0.3) is 11.3 Å². The lowest BCUT2D eigenvalue weighted by Crippen LogP contribution is -1.98. The van der Waals surface area contributed by atoms with E-state index in [0.29, 0.717) is 17.5 Å². The lowest BCUT2D eigenvalue weighted by molar-refractivity contribution is 0.174. The molecule has 2 aromatic rings. The van der Waals surface area contributed by atoms with Gasteiger partial charge in [0.25, 0.3) is 0 Å². The Bertz CT molecular complexity index is 605. The Labute approximate surface area is 111 Å². The Kier molecular flexibility index (Phi) is 2.81. The van der Waals surface area contributed by atoms with Gasteiger partial charge in [0.1, 0.15) is 0 Å². The quantitative estimate of drug-likeness (QED) is 0.918. The zero-order valence-electron chi connectivity index (χ0n) is 11.0. The summed E-state index contributed by atoms with van der Waals surface area (Å²) in [4.78, 5) is 0. The molecule has 0 unspecified atom stereocenters. The minimum Gasteiger partial charge on any atom is -0.454 e. The molecule has 1 aromatic carbocycles. The van der Waals surface area contributed by atoms with Gasteiger partial charge in [0.2, 0.25) is 6.79 Å². The molecule has 0 amide bonds. The van der Waals surface area contributed by atoms with Crippen LogP contribution in [-0.4, -0.2) is 11.9 Å². The molecule has 0 atom stereocenters. The van der Waals surface area contributed by atoms with Crippen LogP contribution < -0.4 is 15.2 Å². The van der Waals surface area contributed by atoms with Crippen molar-refractivity contribution in [3.8, 4) is 22.8 Å². The maximum Gasteiger partial charge on any atom is 0.231 e. The van der Waals surface area contributed by atoms with Gasteiger partial charge in [-0.3, -0.25) is 0 Å². The van der Waals surface area contributed by atoms with Crippen LogP contribution in [0.3, 0.4) is 0 Å². The number of nitrogens with two attached hydrogens (primary N) is 1. The molecule has 0 bridgehead atoms. The Hall–Kier alpha value is -2.17. The molecular formula is C14H16N2O3. The monoisotopic (exact) mass is 260 g/mol. The minimum atomic E-state index is 0.260. The van der Waals surface area contributed by atoms with Gasteiger partial charge in [0, 0.05) is 11.1 Å². The molecule has 0 saturated carbocycles. The average molecular weight is 260 g/mol. The van der Waals surface area contributed by atoms with E-state index in [0.717, 1.165) is 29.0 Å². The van der Waals surface area contributed by atoms with E-state index in [9.17, 15) is 0 Å². The summed E-state index contributed by atoms with van der Waals surface area (Å²) < 4.78 is 16.0. The zero-order chi connectivity index (χ0) is 13.4. The Morgan fingerprint density at radius 2 is 2.05 bits per heavy atom. The van der Waals surface area contributed by atoms with Crippen molar-refractivity contribution in [1.82, 2.24) is 5.16 Å². The first-order chi connectivity index (χ1) is 9.15. The molecule has 0 radical (unpaired) electrons. The largest absolute Gasteiger partial charge is 0.454 e. The van der Waals surface area contributed by atoms with Crippen LogP contribution >= 0.6 is 0 Å². The van der Waals surface area contributed by atoms with Crippen molar-refractivity contribution >= 4 is 5.82 Å². The molecular weight excluding hydrogens is 244 g/mol. The van der Waals surface area contributed by atoms with Crippen LogP contribution in [0, 0.1) is 5.92 Å². The third kappa shape index (κ3) is 2.12. The summed E-state index contributed by atoms with van der Waals surface area (Å²) in [5.74, 6) is 3.13. The predicted molar refractivity (Wildman–Crippen MR) is 71.0 cm³/mol. The lowest BCUT2D eigenvalue weighted by atomic mass is 9.99. The van der Waals surface area contributed by atoms with Crippen molar-refractivity contribution < 1.29 is 14.0 Å². The van der Waals surface area contributed by atoms with E-state index < -0.39 is 0 Å². The molecule has 0 spiro atoms. The third-order valence-electron chi connectivity index (χ3n) is 3.07. The number of hydrogen-bond donors (Lipinski definition) is 1. The van der Waals surface area contributed by atoms with Gasteiger partial charge in [-0.05, 0) is 30.5 Å². The number of ether oxygens (including phenoxy) is 2. The number of nitrogen functional groups attached to an aromatic ring is 1. The highest BCUT2D eigenvalue weighted by Gasteiger charge is 2.20. The molecule has 100 valence electrons. The van der Waals surface area contributed by atoms with Crippen LogP contribution in [0.2, 0.25) is 0 Å². The predicted octanol–water partition coefficient (Wildman–Crippen LogP) is 2.85. The van der Waals surface area contributed by atoms with Crippen molar-refractivity contribution in [1.29, 1.82) is 0 Å². The van der Waals surface area contributed by atoms with Crippen LogP contribution in [-0.2, 0) is 6.42 Å². The molecule has 5 heteroatoms. The molecule has 0 saturated heterocycles. The second-order valence-corrected chi connectivity index (χ2v) is 5.04. The Balaban J connectivity index is 2.02. The average Bonchev–Trinajstić information content (AvgIpc) is 2.96. The molecule has 1 aliphatic heterocycles. The van der Waals surface area contributed by atoms with Crippen molar-refractivity contribution in [3.63, 3.8) is 0 Å². The molecule has 2 N–H and O–H groups in total. The van der Waals surface area contributed by atoms with E-state index >= 15 is 0 Å². The van der Waals surface area contributed by atoms with Gasteiger partial charge in [-0.25, -0.2) is 0 Å². The fourth-order valence-electron chi connectivity index (χ4n) is 2.19. The Morgan fingerprint density at radius 1 is 1.26 bits per heavy atom. The van der Waals surface area contributed by atoms with Gasteiger partial charge in [-0.1, -0.05) is 19.0 Å². The van der Waals surface area contributed by atoms with E-state index in [4.69, 9.17) is 19.7 Å². The smallest absolute Gasteiger partial charge is 0.231 e. The maximum atomic E-state index is 5.88. The number of aromatic nitrogens is 1. The highest BCUT2D eigenvalue weighted by Crippen LogP contribution is 2.38. The fraction of sp³-hybridized carbons (Fsp3) is 0.357. The van der Waals surface area contributed by atoms with E-state index in [2.05, 4.69) is 19.0 Å². The second-order valence-electron chi connectivity index (χ2n) is 5.04. The number of benzene rings is 1. The number of anilines is 1. The molecule has 0 fully saturated rings. The normalized spacial score (nSPS) is 13.2. The third-order valence-corrected chi connectivity index (χ3v) is 3.07. The van der Waals surface area contributed by atoms with Crippen LogP contribution in [0.1, 0.15) is 19.4 Å². The summed E-state index contributed by atoms with van der Waals surface area (Å²) in [6.45, 7) is 4.53. The molecule has 2 heterocycles. The van der Waals surface area contributed by atoms with Crippen molar-refractivity contribution in [3.05, 3.63) is 23.8 Å². The standard InChI is InChI=1S/C14H16N2O3/c1-8(2)5-10-13(19-16-14(10)15)9-3-4-11-12(6-9)18-7-17-11/h3-4,6,8H,5,7H2,1-2H3,(H2,15,16). The number of fused-ring (bicyclic) bond motifs is 1. The molecule has 3 rings (SSSR count). The molecule has 19 heavy (non-hydrogen) atoms. The summed E-state index contributed by atoms with van der Waals surface area (Å²) in [7, 11) is 0. The van der Waals surface area contributed by atoms with Crippen LogP contribution in [0.15, 0.2) is 22.7 Å². The minimum absolute atomic E-state index is 0.260. The van der Waals surface area contributed by atoms with Crippen molar-refractivity contribution in [2.45, 2.75) is 20.3 Å². The first kappa shape index (κ1) is 11.9. The fourth-order valence-corrected chi connectivity index (χ4v) is 2.19. The zero-order valence-corrected chi connectivity index (χ0v) is 11.0. The first-order valence-electron chi connectivity index (χ1n) is 6.29. The van der Waals surface area contributed by atoms with Gasteiger partial charge < -0.3 is 19.7 Å².